The minimum Gasteiger partial charge on any atom is -0.494 e. The van der Waals surface area contributed by atoms with E-state index in [1.54, 1.807) is 18.2 Å². The summed E-state index contributed by atoms with van der Waals surface area (Å²) in [4.78, 5) is 28.7. The molecular weight excluding hydrogens is 364 g/mol. The third-order valence-electron chi connectivity index (χ3n) is 4.02. The standard InChI is InChI=1S/C19H16N4O3S/c1-2-26-11-7-8-14-16(9-11)27-19(20-14)21-17(24)10-15-12-5-3-4-6-13(12)18(25)23-22-15/h3-9H,2,10H2,1H3,(H,23,25)(H,20,21,24). The first-order valence-corrected chi connectivity index (χ1v) is 9.25. The molecule has 0 atom stereocenters. The molecule has 2 aromatic heterocycles. The molecule has 2 aromatic carbocycles. The van der Waals surface area contributed by atoms with E-state index < -0.39 is 0 Å². The third-order valence-corrected chi connectivity index (χ3v) is 4.95. The van der Waals surface area contributed by atoms with Gasteiger partial charge >= 0.3 is 0 Å². The van der Waals surface area contributed by atoms with Gasteiger partial charge in [-0.1, -0.05) is 29.5 Å². The molecule has 2 heterocycles. The van der Waals surface area contributed by atoms with Crippen molar-refractivity contribution in [2.24, 2.45) is 0 Å². The quantitative estimate of drug-likeness (QED) is 0.554. The van der Waals surface area contributed by atoms with Crippen molar-refractivity contribution >= 4 is 43.4 Å². The van der Waals surface area contributed by atoms with Gasteiger partial charge in [-0.2, -0.15) is 5.10 Å². The average Bonchev–Trinajstić information content (AvgIpc) is 3.06. The Labute approximate surface area is 158 Å². The fraction of sp³-hybridized carbons (Fsp3) is 0.158. The van der Waals surface area contributed by atoms with Gasteiger partial charge in [0, 0.05) is 5.39 Å². The number of hydrogen-bond acceptors (Lipinski definition) is 6. The van der Waals surface area contributed by atoms with Gasteiger partial charge in [0.2, 0.25) is 5.91 Å². The second kappa shape index (κ2) is 7.16. The molecule has 0 fully saturated rings. The van der Waals surface area contributed by atoms with Crippen molar-refractivity contribution in [3.05, 3.63) is 58.5 Å². The van der Waals surface area contributed by atoms with E-state index in [9.17, 15) is 9.59 Å². The highest BCUT2D eigenvalue weighted by molar-refractivity contribution is 7.22. The number of aromatic nitrogens is 3. The molecule has 0 aliphatic rings. The summed E-state index contributed by atoms with van der Waals surface area (Å²) in [6.07, 6.45) is 0.0391. The summed E-state index contributed by atoms with van der Waals surface area (Å²) in [6, 6.07) is 12.7. The van der Waals surface area contributed by atoms with Crippen molar-refractivity contribution < 1.29 is 9.53 Å². The Kier molecular flexibility index (Phi) is 4.55. The zero-order valence-corrected chi connectivity index (χ0v) is 15.3. The third kappa shape index (κ3) is 3.52. The molecule has 27 heavy (non-hydrogen) atoms. The molecule has 0 bridgehead atoms. The first-order valence-electron chi connectivity index (χ1n) is 8.43. The topological polar surface area (TPSA) is 97.0 Å². The van der Waals surface area contributed by atoms with Crippen LogP contribution in [0.15, 0.2) is 47.3 Å². The Hall–Kier alpha value is -3.26. The second-order valence-electron chi connectivity index (χ2n) is 5.85. The Morgan fingerprint density at radius 2 is 2.04 bits per heavy atom. The molecule has 7 nitrogen and oxygen atoms in total. The van der Waals surface area contributed by atoms with Crippen molar-refractivity contribution in [2.75, 3.05) is 11.9 Å². The molecule has 0 aliphatic heterocycles. The van der Waals surface area contributed by atoms with Gasteiger partial charge in [0.05, 0.1) is 34.3 Å². The van der Waals surface area contributed by atoms with Crippen molar-refractivity contribution in [1.29, 1.82) is 0 Å². The van der Waals surface area contributed by atoms with E-state index in [2.05, 4.69) is 20.5 Å². The number of H-pyrrole nitrogens is 1. The molecule has 2 N–H and O–H groups in total. The van der Waals surface area contributed by atoms with E-state index in [0.717, 1.165) is 16.0 Å². The molecule has 0 aliphatic carbocycles. The van der Waals surface area contributed by atoms with Gasteiger partial charge in [0.1, 0.15) is 5.75 Å². The highest BCUT2D eigenvalue weighted by Gasteiger charge is 2.13. The summed E-state index contributed by atoms with van der Waals surface area (Å²) in [5, 5.41) is 11.0. The second-order valence-corrected chi connectivity index (χ2v) is 6.88. The summed E-state index contributed by atoms with van der Waals surface area (Å²) in [5.41, 5.74) is 1.04. The normalized spacial score (nSPS) is 11.0. The molecule has 8 heteroatoms. The van der Waals surface area contributed by atoms with E-state index in [4.69, 9.17) is 4.74 Å². The molecule has 1 amide bonds. The maximum atomic E-state index is 12.5. The lowest BCUT2D eigenvalue weighted by Gasteiger charge is -2.04. The van der Waals surface area contributed by atoms with Gasteiger partial charge in [-0.05, 0) is 31.2 Å². The van der Waals surface area contributed by atoms with Crippen LogP contribution in [-0.4, -0.2) is 27.7 Å². The molecule has 0 saturated carbocycles. The summed E-state index contributed by atoms with van der Waals surface area (Å²) in [6.45, 7) is 2.52. The lowest BCUT2D eigenvalue weighted by Crippen LogP contribution is -2.18. The molecule has 4 rings (SSSR count). The number of anilines is 1. The summed E-state index contributed by atoms with van der Waals surface area (Å²) >= 11 is 1.38. The van der Waals surface area contributed by atoms with Crippen LogP contribution in [0.2, 0.25) is 0 Å². The summed E-state index contributed by atoms with van der Waals surface area (Å²) in [7, 11) is 0. The zero-order valence-electron chi connectivity index (χ0n) is 14.5. The summed E-state index contributed by atoms with van der Waals surface area (Å²) in [5.74, 6) is 0.527. The smallest absolute Gasteiger partial charge is 0.272 e. The van der Waals surface area contributed by atoms with Gasteiger partial charge < -0.3 is 10.1 Å². The van der Waals surface area contributed by atoms with Crippen LogP contribution in [-0.2, 0) is 11.2 Å². The van der Waals surface area contributed by atoms with E-state index in [0.29, 0.717) is 28.2 Å². The number of carbonyl (C=O) groups excluding carboxylic acids is 1. The Bertz CT molecular complexity index is 1200. The van der Waals surface area contributed by atoms with Crippen LogP contribution in [0.1, 0.15) is 12.6 Å². The highest BCUT2D eigenvalue weighted by Crippen LogP contribution is 2.29. The molecule has 0 unspecified atom stereocenters. The Morgan fingerprint density at radius 1 is 1.22 bits per heavy atom. The van der Waals surface area contributed by atoms with E-state index >= 15 is 0 Å². The van der Waals surface area contributed by atoms with Gasteiger partial charge in [0.25, 0.3) is 5.56 Å². The number of ether oxygens (including phenoxy) is 1. The number of nitrogens with one attached hydrogen (secondary N) is 2. The van der Waals surface area contributed by atoms with Crippen LogP contribution in [0.5, 0.6) is 5.75 Å². The predicted molar refractivity (Wildman–Crippen MR) is 105 cm³/mol. The lowest BCUT2D eigenvalue weighted by molar-refractivity contribution is -0.115. The fourth-order valence-corrected chi connectivity index (χ4v) is 3.75. The number of rotatable bonds is 5. The van der Waals surface area contributed by atoms with Crippen LogP contribution in [0.4, 0.5) is 5.13 Å². The van der Waals surface area contributed by atoms with Crippen LogP contribution < -0.4 is 15.6 Å². The maximum absolute atomic E-state index is 12.5. The molecule has 136 valence electrons. The number of thiazole rings is 1. The van der Waals surface area contributed by atoms with Crippen LogP contribution >= 0.6 is 11.3 Å². The monoisotopic (exact) mass is 380 g/mol. The number of benzene rings is 2. The maximum Gasteiger partial charge on any atom is 0.272 e. The summed E-state index contributed by atoms with van der Waals surface area (Å²) < 4.78 is 6.42. The van der Waals surface area contributed by atoms with Gasteiger partial charge in [0.15, 0.2) is 5.13 Å². The van der Waals surface area contributed by atoms with Crippen molar-refractivity contribution in [2.45, 2.75) is 13.3 Å². The number of amides is 1. The van der Waals surface area contributed by atoms with Crippen LogP contribution in [0.25, 0.3) is 21.0 Å². The number of aromatic amines is 1. The molecule has 0 spiro atoms. The van der Waals surface area contributed by atoms with E-state index in [-0.39, 0.29) is 17.9 Å². The Morgan fingerprint density at radius 3 is 2.85 bits per heavy atom. The molecular formula is C19H16N4O3S. The van der Waals surface area contributed by atoms with Crippen molar-refractivity contribution in [3.63, 3.8) is 0 Å². The Balaban J connectivity index is 1.55. The fourth-order valence-electron chi connectivity index (χ4n) is 2.84. The molecule has 0 saturated heterocycles. The number of carbonyl (C=O) groups is 1. The predicted octanol–water partition coefficient (Wildman–Crippen LogP) is 3.11. The molecule has 0 radical (unpaired) electrons. The first kappa shape index (κ1) is 17.2. The van der Waals surface area contributed by atoms with Gasteiger partial charge in [-0.15, -0.1) is 0 Å². The minimum atomic E-state index is -0.272. The largest absolute Gasteiger partial charge is 0.494 e. The van der Waals surface area contributed by atoms with Gasteiger partial charge in [-0.3, -0.25) is 9.59 Å². The van der Waals surface area contributed by atoms with E-state index in [1.165, 1.54) is 11.3 Å². The average molecular weight is 380 g/mol. The van der Waals surface area contributed by atoms with Crippen molar-refractivity contribution in [1.82, 2.24) is 15.2 Å². The van der Waals surface area contributed by atoms with Crippen LogP contribution in [0, 0.1) is 0 Å². The highest BCUT2D eigenvalue weighted by atomic mass is 32.1. The number of hydrogen-bond donors (Lipinski definition) is 2. The SMILES string of the molecule is CCOc1ccc2nc(NC(=O)Cc3n[nH]c(=O)c4ccccc34)sc2c1. The number of nitrogens with zero attached hydrogens (tertiary/aromatic N) is 2. The lowest BCUT2D eigenvalue weighted by atomic mass is 10.1. The first-order chi connectivity index (χ1) is 13.1. The minimum absolute atomic E-state index is 0.0391. The zero-order chi connectivity index (χ0) is 18.8. The number of fused-ring (bicyclic) bond motifs is 2. The van der Waals surface area contributed by atoms with Crippen molar-refractivity contribution in [3.8, 4) is 5.75 Å². The van der Waals surface area contributed by atoms with E-state index in [1.807, 2.05) is 31.2 Å². The van der Waals surface area contributed by atoms with Crippen LogP contribution in [0.3, 0.4) is 0 Å². The molecule has 4 aromatic rings. The van der Waals surface area contributed by atoms with Gasteiger partial charge in [-0.25, -0.2) is 10.1 Å².